The van der Waals surface area contributed by atoms with E-state index in [0.29, 0.717) is 11.4 Å². The largest absolute Gasteiger partial charge is 0.399 e. The maximum atomic E-state index is 11.8. The minimum atomic E-state index is -3.43. The van der Waals surface area contributed by atoms with E-state index >= 15 is 0 Å². The van der Waals surface area contributed by atoms with E-state index in [1.54, 1.807) is 18.2 Å². The first-order chi connectivity index (χ1) is 9.89. The summed E-state index contributed by atoms with van der Waals surface area (Å²) in [6.07, 6.45) is -2.55. The number of hydrogen-bond donors (Lipinski definition) is 2. The number of rotatable bonds is 10. The third kappa shape index (κ3) is 8.86. The SMILES string of the molecule is Nc1cccc(SCCS(=O)(=O)NCCOCC(F)F)c1. The Labute approximate surface area is 127 Å². The first kappa shape index (κ1) is 18.1. The van der Waals surface area contributed by atoms with Crippen molar-refractivity contribution in [3.8, 4) is 0 Å². The van der Waals surface area contributed by atoms with Gasteiger partial charge in [0.15, 0.2) is 0 Å². The van der Waals surface area contributed by atoms with Crippen molar-refractivity contribution in [2.45, 2.75) is 11.3 Å². The number of benzene rings is 1. The molecule has 1 aromatic carbocycles. The zero-order valence-electron chi connectivity index (χ0n) is 11.3. The molecule has 0 aromatic heterocycles. The lowest BCUT2D eigenvalue weighted by molar-refractivity contribution is 0.0199. The van der Waals surface area contributed by atoms with Gasteiger partial charge in [-0.1, -0.05) is 6.07 Å². The van der Waals surface area contributed by atoms with Gasteiger partial charge in [0, 0.05) is 22.9 Å². The van der Waals surface area contributed by atoms with Crippen molar-refractivity contribution in [1.29, 1.82) is 0 Å². The van der Waals surface area contributed by atoms with Crippen molar-refractivity contribution in [3.05, 3.63) is 24.3 Å². The van der Waals surface area contributed by atoms with Crippen LogP contribution in [0.2, 0.25) is 0 Å². The number of halogens is 2. The molecule has 0 radical (unpaired) electrons. The summed E-state index contributed by atoms with van der Waals surface area (Å²) in [6, 6.07) is 7.16. The molecule has 21 heavy (non-hydrogen) atoms. The van der Waals surface area contributed by atoms with Gasteiger partial charge < -0.3 is 10.5 Å². The molecule has 1 rings (SSSR count). The third-order valence-electron chi connectivity index (χ3n) is 2.29. The Morgan fingerprint density at radius 1 is 1.38 bits per heavy atom. The highest BCUT2D eigenvalue weighted by molar-refractivity contribution is 8.00. The van der Waals surface area contributed by atoms with Gasteiger partial charge in [0.05, 0.1) is 12.4 Å². The Hall–Kier alpha value is -0.900. The molecule has 0 unspecified atom stereocenters. The predicted molar refractivity (Wildman–Crippen MR) is 80.2 cm³/mol. The minimum Gasteiger partial charge on any atom is -0.399 e. The Morgan fingerprint density at radius 3 is 2.81 bits per heavy atom. The van der Waals surface area contributed by atoms with Gasteiger partial charge in [0.25, 0.3) is 6.43 Å². The molecule has 1 aromatic rings. The maximum absolute atomic E-state index is 11.8. The monoisotopic (exact) mass is 340 g/mol. The minimum absolute atomic E-state index is 0.0159. The third-order valence-corrected chi connectivity index (χ3v) is 4.93. The lowest BCUT2D eigenvalue weighted by Gasteiger charge is -2.07. The zero-order chi connectivity index (χ0) is 15.7. The van der Waals surface area contributed by atoms with E-state index in [9.17, 15) is 17.2 Å². The van der Waals surface area contributed by atoms with Gasteiger partial charge in [-0.15, -0.1) is 11.8 Å². The van der Waals surface area contributed by atoms with E-state index < -0.39 is 23.1 Å². The highest BCUT2D eigenvalue weighted by Gasteiger charge is 2.10. The van der Waals surface area contributed by atoms with E-state index in [0.717, 1.165) is 4.90 Å². The molecule has 0 amide bonds. The van der Waals surface area contributed by atoms with E-state index in [-0.39, 0.29) is 18.9 Å². The van der Waals surface area contributed by atoms with E-state index in [1.165, 1.54) is 11.8 Å². The van der Waals surface area contributed by atoms with Crippen LogP contribution in [0.5, 0.6) is 0 Å². The quantitative estimate of drug-likeness (QED) is 0.384. The first-order valence-corrected chi connectivity index (χ1v) is 8.84. The Kier molecular flexibility index (Phi) is 7.94. The Balaban J connectivity index is 2.20. The Bertz CT molecular complexity index is 527. The fourth-order valence-electron chi connectivity index (χ4n) is 1.39. The van der Waals surface area contributed by atoms with Crippen molar-refractivity contribution in [2.75, 3.05) is 37.0 Å². The highest BCUT2D eigenvalue weighted by Crippen LogP contribution is 2.20. The standard InChI is InChI=1S/C12H18F2N2O3S2/c13-12(14)9-19-5-4-16-21(17,18)7-6-20-11-3-1-2-10(15)8-11/h1-3,8,12,16H,4-7,9,15H2. The maximum Gasteiger partial charge on any atom is 0.261 e. The van der Waals surface area contributed by atoms with Crippen LogP contribution in [0, 0.1) is 0 Å². The molecular formula is C12H18F2N2O3S2. The number of alkyl halides is 2. The normalized spacial score (nSPS) is 12.0. The number of thioether (sulfide) groups is 1. The summed E-state index contributed by atoms with van der Waals surface area (Å²) in [6.45, 7) is -0.781. The molecule has 9 heteroatoms. The molecule has 0 atom stereocenters. The van der Waals surface area contributed by atoms with Gasteiger partial charge in [-0.3, -0.25) is 0 Å². The predicted octanol–water partition coefficient (Wildman–Crippen LogP) is 1.56. The van der Waals surface area contributed by atoms with E-state index in [4.69, 9.17) is 5.73 Å². The van der Waals surface area contributed by atoms with Crippen LogP contribution >= 0.6 is 11.8 Å². The fraction of sp³-hybridized carbons (Fsp3) is 0.500. The van der Waals surface area contributed by atoms with Crippen LogP contribution in [0.4, 0.5) is 14.5 Å². The second kappa shape index (κ2) is 9.19. The van der Waals surface area contributed by atoms with Crippen molar-refractivity contribution in [1.82, 2.24) is 4.72 Å². The van der Waals surface area contributed by atoms with Gasteiger partial charge >= 0.3 is 0 Å². The van der Waals surface area contributed by atoms with E-state index in [1.807, 2.05) is 6.07 Å². The van der Waals surface area contributed by atoms with Crippen LogP contribution < -0.4 is 10.5 Å². The molecule has 0 aliphatic carbocycles. The molecule has 0 aliphatic heterocycles. The molecule has 0 bridgehead atoms. The average Bonchev–Trinajstić information content (AvgIpc) is 2.37. The summed E-state index contributed by atoms with van der Waals surface area (Å²) in [5.74, 6) is 0.304. The van der Waals surface area contributed by atoms with Crippen LogP contribution in [-0.2, 0) is 14.8 Å². The summed E-state index contributed by atoms with van der Waals surface area (Å²) in [4.78, 5) is 0.894. The van der Waals surface area contributed by atoms with Crippen molar-refractivity contribution in [2.24, 2.45) is 0 Å². The summed E-state index contributed by atoms with van der Waals surface area (Å²) < 4.78 is 53.7. The van der Waals surface area contributed by atoms with Crippen LogP contribution in [0.25, 0.3) is 0 Å². The summed E-state index contributed by atoms with van der Waals surface area (Å²) in [5, 5.41) is 0. The topological polar surface area (TPSA) is 81.4 Å². The molecule has 0 heterocycles. The molecule has 0 saturated heterocycles. The van der Waals surface area contributed by atoms with Crippen LogP contribution in [0.1, 0.15) is 0 Å². The average molecular weight is 340 g/mol. The first-order valence-electron chi connectivity index (χ1n) is 6.20. The van der Waals surface area contributed by atoms with Crippen molar-refractivity contribution < 1.29 is 21.9 Å². The number of nitrogen functional groups attached to an aromatic ring is 1. The lowest BCUT2D eigenvalue weighted by Crippen LogP contribution is -2.30. The molecule has 3 N–H and O–H groups in total. The van der Waals surface area contributed by atoms with Gasteiger partial charge in [-0.2, -0.15) is 0 Å². The fourth-order valence-corrected chi connectivity index (χ4v) is 3.77. The molecule has 0 saturated carbocycles. The summed E-state index contributed by atoms with van der Waals surface area (Å²) in [5.41, 5.74) is 6.24. The second-order valence-corrected chi connectivity index (χ2v) is 7.19. The van der Waals surface area contributed by atoms with Gasteiger partial charge in [0.2, 0.25) is 10.0 Å². The molecule has 0 aliphatic rings. The molecule has 0 spiro atoms. The number of nitrogens with two attached hydrogens (primary N) is 1. The van der Waals surface area contributed by atoms with E-state index in [2.05, 4.69) is 9.46 Å². The van der Waals surface area contributed by atoms with Crippen molar-refractivity contribution in [3.63, 3.8) is 0 Å². The summed E-state index contributed by atoms with van der Waals surface area (Å²) in [7, 11) is -3.43. The van der Waals surface area contributed by atoms with Crippen LogP contribution in [0.15, 0.2) is 29.2 Å². The summed E-state index contributed by atoms with van der Waals surface area (Å²) >= 11 is 1.38. The number of sulfonamides is 1. The van der Waals surface area contributed by atoms with Gasteiger partial charge in [-0.05, 0) is 18.2 Å². The molecular weight excluding hydrogens is 322 g/mol. The number of nitrogens with one attached hydrogen (secondary N) is 1. The zero-order valence-corrected chi connectivity index (χ0v) is 12.9. The Morgan fingerprint density at radius 2 is 2.14 bits per heavy atom. The van der Waals surface area contributed by atoms with Crippen LogP contribution in [-0.4, -0.2) is 46.1 Å². The lowest BCUT2D eigenvalue weighted by atomic mass is 10.3. The number of anilines is 1. The van der Waals surface area contributed by atoms with Gasteiger partial charge in [0.1, 0.15) is 6.61 Å². The van der Waals surface area contributed by atoms with Crippen LogP contribution in [0.3, 0.4) is 0 Å². The molecule has 5 nitrogen and oxygen atoms in total. The molecule has 120 valence electrons. The smallest absolute Gasteiger partial charge is 0.261 e. The highest BCUT2D eigenvalue weighted by atomic mass is 32.2. The number of ether oxygens (including phenoxy) is 1. The van der Waals surface area contributed by atoms with Gasteiger partial charge in [-0.25, -0.2) is 21.9 Å². The molecule has 0 fully saturated rings. The second-order valence-electron chi connectivity index (χ2n) is 4.10. The number of hydrogen-bond acceptors (Lipinski definition) is 5. The van der Waals surface area contributed by atoms with Crippen molar-refractivity contribution >= 4 is 27.5 Å².